The molecule has 2 aromatic carbocycles. The monoisotopic (exact) mass is 298 g/mol. The van der Waals surface area contributed by atoms with Gasteiger partial charge in [0.05, 0.1) is 23.2 Å². The third kappa shape index (κ3) is 3.44. The number of para-hydroxylation sites is 2. The zero-order valence-corrected chi connectivity index (χ0v) is 12.1. The molecule has 0 saturated heterocycles. The summed E-state index contributed by atoms with van der Waals surface area (Å²) in [7, 11) is 0. The molecule has 0 unspecified atom stereocenters. The van der Waals surface area contributed by atoms with Crippen LogP contribution in [0.2, 0.25) is 0 Å². The van der Waals surface area contributed by atoms with Crippen LogP contribution in [0.4, 0.5) is 0 Å². The molecule has 0 saturated carbocycles. The summed E-state index contributed by atoms with van der Waals surface area (Å²) in [5.41, 5.74) is 2.84. The molecule has 0 atom stereocenters. The van der Waals surface area contributed by atoms with Gasteiger partial charge in [0.2, 0.25) is 0 Å². The predicted octanol–water partition coefficient (Wildman–Crippen LogP) is 3.48. The van der Waals surface area contributed by atoms with E-state index in [1.165, 1.54) is 0 Å². The Balaban J connectivity index is 1.65. The second kappa shape index (κ2) is 6.01. The fraction of sp³-hybridized carbons (Fsp3) is 0.125. The summed E-state index contributed by atoms with van der Waals surface area (Å²) in [5, 5.41) is 8.74. The molecule has 4 nitrogen and oxygen atoms in total. The van der Waals surface area contributed by atoms with Crippen LogP contribution in [-0.2, 0) is 17.0 Å². The summed E-state index contributed by atoms with van der Waals surface area (Å²) < 4.78 is 0. The van der Waals surface area contributed by atoms with Crippen molar-refractivity contribution in [2.45, 2.75) is 17.1 Å². The van der Waals surface area contributed by atoms with Gasteiger partial charge in [0.15, 0.2) is 0 Å². The number of aromatic amines is 1. The van der Waals surface area contributed by atoms with Gasteiger partial charge in [-0.1, -0.05) is 24.3 Å². The highest BCUT2D eigenvalue weighted by molar-refractivity contribution is 7.98. The normalized spacial score (nSPS) is 10.9. The minimum Gasteiger partial charge on any atom is -0.481 e. The number of rotatable bonds is 5. The lowest BCUT2D eigenvalue weighted by molar-refractivity contribution is -0.136. The highest BCUT2D eigenvalue weighted by Crippen LogP contribution is 2.23. The zero-order valence-electron chi connectivity index (χ0n) is 11.2. The molecule has 3 aromatic rings. The number of hydrogen-bond acceptors (Lipinski definition) is 3. The van der Waals surface area contributed by atoms with E-state index in [-0.39, 0.29) is 6.42 Å². The van der Waals surface area contributed by atoms with Gasteiger partial charge in [0.1, 0.15) is 5.82 Å². The number of H-pyrrole nitrogens is 1. The van der Waals surface area contributed by atoms with Crippen molar-refractivity contribution in [2.24, 2.45) is 0 Å². The Morgan fingerprint density at radius 2 is 1.90 bits per heavy atom. The van der Waals surface area contributed by atoms with Gasteiger partial charge in [-0.25, -0.2) is 4.98 Å². The lowest BCUT2D eigenvalue weighted by Crippen LogP contribution is -1.99. The average Bonchev–Trinajstić information content (AvgIpc) is 2.89. The van der Waals surface area contributed by atoms with Crippen molar-refractivity contribution in [1.29, 1.82) is 0 Å². The molecule has 0 aliphatic heterocycles. The first-order valence-electron chi connectivity index (χ1n) is 6.58. The maximum atomic E-state index is 10.6. The fourth-order valence-electron chi connectivity index (χ4n) is 2.10. The second-order valence-corrected chi connectivity index (χ2v) is 5.75. The van der Waals surface area contributed by atoms with Crippen molar-refractivity contribution < 1.29 is 9.90 Å². The number of thioether (sulfide) groups is 1. The molecule has 2 N–H and O–H groups in total. The minimum absolute atomic E-state index is 0.0640. The third-order valence-corrected chi connectivity index (χ3v) is 4.12. The maximum Gasteiger partial charge on any atom is 0.307 e. The van der Waals surface area contributed by atoms with Crippen LogP contribution in [0.25, 0.3) is 11.0 Å². The van der Waals surface area contributed by atoms with Crippen molar-refractivity contribution in [2.75, 3.05) is 0 Å². The molecule has 5 heteroatoms. The quantitative estimate of drug-likeness (QED) is 0.708. The Morgan fingerprint density at radius 3 is 2.62 bits per heavy atom. The molecular formula is C16H14N2O2S. The molecule has 0 amide bonds. The third-order valence-electron chi connectivity index (χ3n) is 3.09. The molecule has 0 radical (unpaired) electrons. The molecule has 0 fully saturated rings. The molecule has 1 aromatic heterocycles. The standard InChI is InChI=1S/C16H14N2O2S/c19-16(20)9-11-5-7-12(8-6-11)21-10-15-17-13-3-1-2-4-14(13)18-15/h1-8H,9-10H2,(H,17,18)(H,19,20). The average molecular weight is 298 g/mol. The number of hydrogen-bond donors (Lipinski definition) is 2. The van der Waals surface area contributed by atoms with Crippen LogP contribution in [-0.4, -0.2) is 21.0 Å². The van der Waals surface area contributed by atoms with Crippen molar-refractivity contribution in [3.05, 3.63) is 59.9 Å². The first kappa shape index (κ1) is 13.7. The largest absolute Gasteiger partial charge is 0.481 e. The lowest BCUT2D eigenvalue weighted by atomic mass is 10.2. The van der Waals surface area contributed by atoms with Crippen molar-refractivity contribution in [3.63, 3.8) is 0 Å². The van der Waals surface area contributed by atoms with E-state index in [0.717, 1.165) is 33.1 Å². The number of imidazole rings is 1. The Morgan fingerprint density at radius 1 is 1.14 bits per heavy atom. The molecule has 0 bridgehead atoms. The van der Waals surface area contributed by atoms with Gasteiger partial charge in [-0.15, -0.1) is 11.8 Å². The zero-order chi connectivity index (χ0) is 14.7. The van der Waals surface area contributed by atoms with E-state index >= 15 is 0 Å². The van der Waals surface area contributed by atoms with E-state index in [1.807, 2.05) is 48.5 Å². The molecule has 0 aliphatic carbocycles. The Bertz CT molecular complexity index is 732. The number of nitrogens with one attached hydrogen (secondary N) is 1. The van der Waals surface area contributed by atoms with Gasteiger partial charge < -0.3 is 10.1 Å². The summed E-state index contributed by atoms with van der Waals surface area (Å²) in [5.74, 6) is 0.890. The summed E-state index contributed by atoms with van der Waals surface area (Å²) in [6, 6.07) is 15.6. The number of carboxylic acid groups (broad SMARTS) is 1. The topological polar surface area (TPSA) is 66.0 Å². The Hall–Kier alpha value is -2.27. The van der Waals surface area contributed by atoms with Crippen molar-refractivity contribution >= 4 is 28.8 Å². The first-order valence-corrected chi connectivity index (χ1v) is 7.56. The summed E-state index contributed by atoms with van der Waals surface area (Å²) >= 11 is 1.68. The number of aliphatic carboxylic acids is 1. The van der Waals surface area contributed by atoms with Gasteiger partial charge >= 0.3 is 5.97 Å². The van der Waals surface area contributed by atoms with Crippen LogP contribution in [0, 0.1) is 0 Å². The number of nitrogens with zero attached hydrogens (tertiary/aromatic N) is 1. The summed E-state index contributed by atoms with van der Waals surface area (Å²) in [6.07, 6.45) is 0.0640. The number of fused-ring (bicyclic) bond motifs is 1. The second-order valence-electron chi connectivity index (χ2n) is 4.70. The molecule has 0 spiro atoms. The highest BCUT2D eigenvalue weighted by atomic mass is 32.2. The summed E-state index contributed by atoms with van der Waals surface area (Å²) in [6.45, 7) is 0. The van der Waals surface area contributed by atoms with Crippen LogP contribution in [0.15, 0.2) is 53.4 Å². The molecule has 1 heterocycles. The lowest BCUT2D eigenvalue weighted by Gasteiger charge is -2.01. The molecule has 0 aliphatic rings. The van der Waals surface area contributed by atoms with Crippen LogP contribution in [0.3, 0.4) is 0 Å². The molecule has 3 rings (SSSR count). The minimum atomic E-state index is -0.808. The van der Waals surface area contributed by atoms with Crippen LogP contribution in [0.1, 0.15) is 11.4 Å². The Kier molecular flexibility index (Phi) is 3.92. The van der Waals surface area contributed by atoms with Gasteiger partial charge in [-0.2, -0.15) is 0 Å². The first-order chi connectivity index (χ1) is 10.2. The summed E-state index contributed by atoms with van der Waals surface area (Å²) in [4.78, 5) is 19.6. The SMILES string of the molecule is O=C(O)Cc1ccc(SCc2nc3ccccc3[nH]2)cc1. The van der Waals surface area contributed by atoms with E-state index in [2.05, 4.69) is 9.97 Å². The Labute approximate surface area is 126 Å². The predicted molar refractivity (Wildman–Crippen MR) is 83.4 cm³/mol. The number of carbonyl (C=O) groups is 1. The van der Waals surface area contributed by atoms with Gasteiger partial charge in [0.25, 0.3) is 0 Å². The van der Waals surface area contributed by atoms with Gasteiger partial charge in [-0.05, 0) is 29.8 Å². The van der Waals surface area contributed by atoms with Crippen LogP contribution in [0.5, 0.6) is 0 Å². The number of carboxylic acids is 1. The van der Waals surface area contributed by atoms with E-state index in [4.69, 9.17) is 5.11 Å². The van der Waals surface area contributed by atoms with Crippen LogP contribution < -0.4 is 0 Å². The van der Waals surface area contributed by atoms with Gasteiger partial charge in [-0.3, -0.25) is 4.79 Å². The molecule has 21 heavy (non-hydrogen) atoms. The smallest absolute Gasteiger partial charge is 0.307 e. The van der Waals surface area contributed by atoms with Crippen LogP contribution >= 0.6 is 11.8 Å². The molecule has 106 valence electrons. The van der Waals surface area contributed by atoms with Gasteiger partial charge in [0, 0.05) is 4.90 Å². The fourth-order valence-corrected chi connectivity index (χ4v) is 2.87. The molecular weight excluding hydrogens is 284 g/mol. The number of benzene rings is 2. The highest BCUT2D eigenvalue weighted by Gasteiger charge is 2.04. The van der Waals surface area contributed by atoms with E-state index in [1.54, 1.807) is 11.8 Å². The van der Waals surface area contributed by atoms with E-state index in [9.17, 15) is 4.79 Å². The van der Waals surface area contributed by atoms with E-state index < -0.39 is 5.97 Å². The maximum absolute atomic E-state index is 10.6. The van der Waals surface area contributed by atoms with Crippen molar-refractivity contribution in [3.8, 4) is 0 Å². The van der Waals surface area contributed by atoms with Crippen molar-refractivity contribution in [1.82, 2.24) is 9.97 Å². The van der Waals surface area contributed by atoms with E-state index in [0.29, 0.717) is 0 Å². The number of aromatic nitrogens is 2.